The van der Waals surface area contributed by atoms with Crippen LogP contribution in [0.25, 0.3) is 0 Å². The Morgan fingerprint density at radius 1 is 1.10 bits per heavy atom. The SMILES string of the molecule is CCC1C[NH2+]CC1CC.[Cl-]. The average molecular weight is 164 g/mol. The lowest BCUT2D eigenvalue weighted by atomic mass is 9.92. The zero-order chi connectivity index (χ0) is 6.69. The van der Waals surface area contributed by atoms with Crippen molar-refractivity contribution < 1.29 is 17.7 Å². The number of quaternary nitrogens is 1. The molecule has 2 unspecified atom stereocenters. The number of halogens is 1. The first-order valence-corrected chi connectivity index (χ1v) is 4.20. The topological polar surface area (TPSA) is 16.6 Å². The van der Waals surface area contributed by atoms with Gasteiger partial charge in [-0.2, -0.15) is 0 Å². The van der Waals surface area contributed by atoms with Gasteiger partial charge < -0.3 is 17.7 Å². The van der Waals surface area contributed by atoms with Gasteiger partial charge in [0.1, 0.15) is 0 Å². The van der Waals surface area contributed by atoms with Gasteiger partial charge in [-0.15, -0.1) is 0 Å². The fourth-order valence-corrected chi connectivity index (χ4v) is 1.91. The molecule has 1 rings (SSSR count). The highest BCUT2D eigenvalue weighted by Gasteiger charge is 2.26. The van der Waals surface area contributed by atoms with Gasteiger partial charge >= 0.3 is 0 Å². The molecule has 0 aromatic heterocycles. The molecule has 0 saturated carbocycles. The molecule has 0 aromatic carbocycles. The first kappa shape index (κ1) is 10.2. The molecule has 0 aliphatic carbocycles. The van der Waals surface area contributed by atoms with E-state index in [1.807, 2.05) is 0 Å². The third-order valence-electron chi connectivity index (χ3n) is 2.65. The van der Waals surface area contributed by atoms with Crippen LogP contribution < -0.4 is 17.7 Å². The molecule has 1 saturated heterocycles. The van der Waals surface area contributed by atoms with Crippen LogP contribution in [0.15, 0.2) is 0 Å². The summed E-state index contributed by atoms with van der Waals surface area (Å²) in [6.45, 7) is 7.39. The summed E-state index contributed by atoms with van der Waals surface area (Å²) in [5.74, 6) is 2.05. The van der Waals surface area contributed by atoms with E-state index in [0.717, 1.165) is 11.8 Å². The number of hydrogen-bond acceptors (Lipinski definition) is 0. The Kier molecular flexibility index (Phi) is 5.10. The van der Waals surface area contributed by atoms with E-state index in [9.17, 15) is 0 Å². The number of nitrogens with two attached hydrogens (primary N) is 1. The van der Waals surface area contributed by atoms with Crippen LogP contribution in [0.3, 0.4) is 0 Å². The standard InChI is InChI=1S/C8H17N.ClH/c1-3-7-5-9-6-8(7)4-2;/h7-9H,3-6H2,1-2H3;1H. The van der Waals surface area contributed by atoms with Crippen molar-refractivity contribution in [3.05, 3.63) is 0 Å². The molecule has 0 bridgehead atoms. The second kappa shape index (κ2) is 4.97. The van der Waals surface area contributed by atoms with Crippen molar-refractivity contribution in [1.82, 2.24) is 0 Å². The molecule has 1 aliphatic rings. The van der Waals surface area contributed by atoms with E-state index < -0.39 is 0 Å². The molecule has 0 amide bonds. The zero-order valence-electron chi connectivity index (χ0n) is 6.94. The summed E-state index contributed by atoms with van der Waals surface area (Å²) in [5, 5.41) is 2.46. The van der Waals surface area contributed by atoms with Gasteiger partial charge in [0.25, 0.3) is 0 Å². The Labute approximate surface area is 70.0 Å². The second-order valence-corrected chi connectivity index (χ2v) is 3.10. The van der Waals surface area contributed by atoms with E-state index in [0.29, 0.717) is 0 Å². The van der Waals surface area contributed by atoms with Crippen LogP contribution >= 0.6 is 0 Å². The van der Waals surface area contributed by atoms with Crippen molar-refractivity contribution >= 4 is 0 Å². The molecule has 2 atom stereocenters. The highest BCUT2D eigenvalue weighted by molar-refractivity contribution is 4.69. The largest absolute Gasteiger partial charge is 1.00 e. The van der Waals surface area contributed by atoms with Crippen molar-refractivity contribution in [1.29, 1.82) is 0 Å². The van der Waals surface area contributed by atoms with Gasteiger partial charge in [0, 0.05) is 11.8 Å². The quantitative estimate of drug-likeness (QED) is 0.469. The smallest absolute Gasteiger partial charge is 0.0788 e. The maximum Gasteiger partial charge on any atom is 0.0788 e. The average Bonchev–Trinajstić information content (AvgIpc) is 2.33. The summed E-state index contributed by atoms with van der Waals surface area (Å²) in [5.41, 5.74) is 0. The summed E-state index contributed by atoms with van der Waals surface area (Å²) in [6, 6.07) is 0. The fourth-order valence-electron chi connectivity index (χ4n) is 1.91. The monoisotopic (exact) mass is 163 g/mol. The Balaban J connectivity index is 0.000000810. The molecular weight excluding hydrogens is 146 g/mol. The van der Waals surface area contributed by atoms with Gasteiger partial charge in [0.05, 0.1) is 13.1 Å². The molecule has 1 nitrogen and oxygen atoms in total. The van der Waals surface area contributed by atoms with Crippen LogP contribution in [0.2, 0.25) is 0 Å². The van der Waals surface area contributed by atoms with E-state index in [1.165, 1.54) is 25.9 Å². The Hall–Kier alpha value is 0.250. The predicted molar refractivity (Wildman–Crippen MR) is 39.2 cm³/mol. The first-order valence-electron chi connectivity index (χ1n) is 4.20. The first-order chi connectivity index (χ1) is 4.38. The van der Waals surface area contributed by atoms with Crippen molar-refractivity contribution in [3.63, 3.8) is 0 Å². The van der Waals surface area contributed by atoms with Crippen molar-refractivity contribution in [2.24, 2.45) is 11.8 Å². The van der Waals surface area contributed by atoms with Crippen LogP contribution in [0.1, 0.15) is 26.7 Å². The van der Waals surface area contributed by atoms with Crippen LogP contribution in [0.5, 0.6) is 0 Å². The molecule has 2 N–H and O–H groups in total. The molecule has 62 valence electrons. The predicted octanol–water partition coefficient (Wildman–Crippen LogP) is -2.38. The molecule has 10 heavy (non-hydrogen) atoms. The van der Waals surface area contributed by atoms with Gasteiger partial charge in [0.2, 0.25) is 0 Å². The minimum atomic E-state index is 0. The van der Waals surface area contributed by atoms with Crippen LogP contribution in [-0.2, 0) is 0 Å². The molecule has 1 heterocycles. The van der Waals surface area contributed by atoms with Gasteiger partial charge in [-0.3, -0.25) is 0 Å². The van der Waals surface area contributed by atoms with E-state index in [-0.39, 0.29) is 12.4 Å². The molecule has 0 radical (unpaired) electrons. The van der Waals surface area contributed by atoms with E-state index in [2.05, 4.69) is 19.2 Å². The summed E-state index contributed by atoms with van der Waals surface area (Å²) >= 11 is 0. The van der Waals surface area contributed by atoms with Crippen molar-refractivity contribution in [2.45, 2.75) is 26.7 Å². The zero-order valence-corrected chi connectivity index (χ0v) is 7.69. The van der Waals surface area contributed by atoms with Crippen LogP contribution in [0, 0.1) is 11.8 Å². The summed E-state index contributed by atoms with van der Waals surface area (Å²) in [7, 11) is 0. The molecular formula is C8H18ClN. The fraction of sp³-hybridized carbons (Fsp3) is 1.00. The molecule has 2 heteroatoms. The Bertz CT molecular complexity index is 75.3. The number of rotatable bonds is 2. The lowest BCUT2D eigenvalue weighted by molar-refractivity contribution is -0.640. The molecule has 1 fully saturated rings. The second-order valence-electron chi connectivity index (χ2n) is 3.10. The summed E-state index contributed by atoms with van der Waals surface area (Å²) in [4.78, 5) is 0. The summed E-state index contributed by atoms with van der Waals surface area (Å²) < 4.78 is 0. The van der Waals surface area contributed by atoms with E-state index >= 15 is 0 Å². The lowest BCUT2D eigenvalue weighted by Gasteiger charge is -2.09. The minimum Gasteiger partial charge on any atom is -1.00 e. The highest BCUT2D eigenvalue weighted by atomic mass is 35.5. The van der Waals surface area contributed by atoms with Crippen molar-refractivity contribution in [2.75, 3.05) is 13.1 Å². The highest BCUT2D eigenvalue weighted by Crippen LogP contribution is 2.18. The van der Waals surface area contributed by atoms with Gasteiger partial charge in [0.15, 0.2) is 0 Å². The van der Waals surface area contributed by atoms with Crippen LogP contribution in [-0.4, -0.2) is 13.1 Å². The van der Waals surface area contributed by atoms with Crippen LogP contribution in [0.4, 0.5) is 0 Å². The number of hydrogen-bond donors (Lipinski definition) is 1. The molecule has 1 aliphatic heterocycles. The third-order valence-corrected chi connectivity index (χ3v) is 2.65. The third kappa shape index (κ3) is 2.14. The Morgan fingerprint density at radius 2 is 1.50 bits per heavy atom. The van der Waals surface area contributed by atoms with Crippen molar-refractivity contribution in [3.8, 4) is 0 Å². The lowest BCUT2D eigenvalue weighted by Crippen LogP contribution is -3.00. The summed E-state index contributed by atoms with van der Waals surface area (Å²) in [6.07, 6.45) is 2.77. The minimum absolute atomic E-state index is 0. The van der Waals surface area contributed by atoms with Gasteiger partial charge in [-0.25, -0.2) is 0 Å². The van der Waals surface area contributed by atoms with Gasteiger partial charge in [-0.05, 0) is 12.8 Å². The maximum absolute atomic E-state index is 2.46. The molecule has 0 spiro atoms. The van der Waals surface area contributed by atoms with Gasteiger partial charge in [-0.1, -0.05) is 13.8 Å². The Morgan fingerprint density at radius 3 is 1.80 bits per heavy atom. The normalized spacial score (nSPS) is 31.8. The molecule has 0 aromatic rings. The van der Waals surface area contributed by atoms with E-state index in [4.69, 9.17) is 0 Å². The maximum atomic E-state index is 2.46. The van der Waals surface area contributed by atoms with E-state index in [1.54, 1.807) is 0 Å².